The number of carbonyl (C=O) groups excluding carboxylic acids is 1. The molecule has 1 fully saturated rings. The van der Waals surface area contributed by atoms with Crippen LogP contribution in [0.4, 0.5) is 0 Å². The molecular weight excluding hydrogens is 236 g/mol. The second-order valence-electron chi connectivity index (χ2n) is 4.55. The van der Waals surface area contributed by atoms with E-state index in [9.17, 15) is 9.90 Å². The van der Waals surface area contributed by atoms with E-state index in [4.69, 9.17) is 0 Å². The summed E-state index contributed by atoms with van der Waals surface area (Å²) in [6.07, 6.45) is 7.06. The molecule has 3 N–H and O–H groups in total. The van der Waals surface area contributed by atoms with Crippen LogP contribution in [0.5, 0.6) is 0 Å². The maximum atomic E-state index is 11.6. The third-order valence-electron chi connectivity index (χ3n) is 3.00. The Bertz CT molecular complexity index is 227. The Morgan fingerprint density at radius 2 is 2.18 bits per heavy atom. The predicted molar refractivity (Wildman–Crippen MR) is 72.3 cm³/mol. The summed E-state index contributed by atoms with van der Waals surface area (Å²) in [5, 5.41) is 15.2. The number of carbonyl (C=O) groups is 1. The van der Waals surface area contributed by atoms with E-state index in [2.05, 4.69) is 16.9 Å². The first-order valence-corrected chi connectivity index (χ1v) is 7.81. The standard InChI is InChI=1S/C12H24N2O2S/c1-17-7-5-3-2-4-6-13-12(16)11-8-10(15)9-14-11/h10-11,14-15H,2-9H2,1H3,(H,13,16). The smallest absolute Gasteiger partial charge is 0.237 e. The average Bonchev–Trinajstić information content (AvgIpc) is 2.74. The lowest BCUT2D eigenvalue weighted by Gasteiger charge is -2.10. The molecule has 1 saturated heterocycles. The van der Waals surface area contributed by atoms with Gasteiger partial charge in [-0.2, -0.15) is 11.8 Å². The topological polar surface area (TPSA) is 61.4 Å². The summed E-state index contributed by atoms with van der Waals surface area (Å²) in [7, 11) is 0. The molecular formula is C12H24N2O2S. The van der Waals surface area contributed by atoms with Crippen LogP contribution in [0.1, 0.15) is 32.1 Å². The van der Waals surface area contributed by atoms with Gasteiger partial charge in [0.2, 0.25) is 5.91 Å². The van der Waals surface area contributed by atoms with E-state index in [0.29, 0.717) is 13.0 Å². The lowest BCUT2D eigenvalue weighted by Crippen LogP contribution is -2.40. The molecule has 0 aromatic heterocycles. The van der Waals surface area contributed by atoms with Crippen LogP contribution in [0.3, 0.4) is 0 Å². The van der Waals surface area contributed by atoms with Gasteiger partial charge in [-0.05, 0) is 31.3 Å². The fourth-order valence-electron chi connectivity index (χ4n) is 1.98. The Hall–Kier alpha value is -0.260. The van der Waals surface area contributed by atoms with Crippen LogP contribution in [0, 0.1) is 0 Å². The summed E-state index contributed by atoms with van der Waals surface area (Å²) in [6, 6.07) is -0.193. The normalized spacial score (nSPS) is 23.9. The minimum Gasteiger partial charge on any atom is -0.392 e. The fourth-order valence-corrected chi connectivity index (χ4v) is 2.47. The lowest BCUT2D eigenvalue weighted by molar-refractivity contribution is -0.122. The monoisotopic (exact) mass is 260 g/mol. The van der Waals surface area contributed by atoms with E-state index < -0.39 is 0 Å². The molecule has 1 rings (SSSR count). The van der Waals surface area contributed by atoms with E-state index in [-0.39, 0.29) is 18.1 Å². The highest BCUT2D eigenvalue weighted by Gasteiger charge is 2.27. The van der Waals surface area contributed by atoms with Crippen LogP contribution in [0.25, 0.3) is 0 Å². The Kier molecular flexibility index (Phi) is 7.64. The Labute approximate surface area is 108 Å². The first kappa shape index (κ1) is 14.8. The summed E-state index contributed by atoms with van der Waals surface area (Å²) in [5.74, 6) is 1.27. The van der Waals surface area contributed by atoms with Crippen LogP contribution in [0.2, 0.25) is 0 Å². The van der Waals surface area contributed by atoms with Crippen molar-refractivity contribution in [3.8, 4) is 0 Å². The molecule has 5 heteroatoms. The minimum atomic E-state index is -0.364. The van der Waals surface area contributed by atoms with Crippen molar-refractivity contribution in [2.45, 2.75) is 44.2 Å². The zero-order valence-corrected chi connectivity index (χ0v) is 11.4. The maximum absolute atomic E-state index is 11.6. The van der Waals surface area contributed by atoms with Gasteiger partial charge in [-0.3, -0.25) is 4.79 Å². The zero-order valence-electron chi connectivity index (χ0n) is 10.6. The molecule has 17 heavy (non-hydrogen) atoms. The van der Waals surface area contributed by atoms with Crippen molar-refractivity contribution in [3.05, 3.63) is 0 Å². The van der Waals surface area contributed by atoms with E-state index in [1.807, 2.05) is 11.8 Å². The van der Waals surface area contributed by atoms with Gasteiger partial charge in [0.25, 0.3) is 0 Å². The molecule has 0 aromatic rings. The number of nitrogens with one attached hydrogen (secondary N) is 2. The van der Waals surface area contributed by atoms with Gasteiger partial charge in [-0.25, -0.2) is 0 Å². The molecule has 1 heterocycles. The first-order valence-electron chi connectivity index (χ1n) is 6.42. The Morgan fingerprint density at radius 3 is 2.82 bits per heavy atom. The molecule has 2 atom stereocenters. The van der Waals surface area contributed by atoms with Crippen LogP contribution in [-0.4, -0.2) is 48.3 Å². The molecule has 100 valence electrons. The zero-order chi connectivity index (χ0) is 12.5. The molecule has 2 unspecified atom stereocenters. The number of thioether (sulfide) groups is 1. The highest BCUT2D eigenvalue weighted by molar-refractivity contribution is 7.98. The third kappa shape index (κ3) is 6.29. The van der Waals surface area contributed by atoms with Gasteiger partial charge in [-0.1, -0.05) is 12.8 Å². The number of rotatable bonds is 8. The number of unbranched alkanes of at least 4 members (excludes halogenated alkanes) is 3. The number of β-amino-alcohol motifs (C(OH)–C–C–N with tert-alkyl or cyclic N) is 1. The van der Waals surface area contributed by atoms with Crippen molar-refractivity contribution in [2.75, 3.05) is 25.1 Å². The van der Waals surface area contributed by atoms with E-state index in [1.54, 1.807) is 0 Å². The average molecular weight is 260 g/mol. The molecule has 0 spiro atoms. The summed E-state index contributed by atoms with van der Waals surface area (Å²) in [4.78, 5) is 11.6. The predicted octanol–water partition coefficient (Wildman–Crippen LogP) is 0.749. The number of aliphatic hydroxyl groups is 1. The molecule has 1 aliphatic rings. The van der Waals surface area contributed by atoms with Crippen molar-refractivity contribution >= 4 is 17.7 Å². The van der Waals surface area contributed by atoms with E-state index in [1.165, 1.54) is 25.0 Å². The van der Waals surface area contributed by atoms with Gasteiger partial charge in [0, 0.05) is 13.1 Å². The van der Waals surface area contributed by atoms with Crippen LogP contribution in [-0.2, 0) is 4.79 Å². The number of hydrogen-bond donors (Lipinski definition) is 3. The number of amides is 1. The van der Waals surface area contributed by atoms with Crippen LogP contribution >= 0.6 is 11.8 Å². The molecule has 1 amide bonds. The van der Waals surface area contributed by atoms with Crippen LogP contribution < -0.4 is 10.6 Å². The lowest BCUT2D eigenvalue weighted by atomic mass is 10.2. The van der Waals surface area contributed by atoms with Crippen LogP contribution in [0.15, 0.2) is 0 Å². The van der Waals surface area contributed by atoms with E-state index in [0.717, 1.165) is 13.0 Å². The van der Waals surface area contributed by atoms with Gasteiger partial charge in [-0.15, -0.1) is 0 Å². The quantitative estimate of drug-likeness (QED) is 0.564. The molecule has 4 nitrogen and oxygen atoms in total. The van der Waals surface area contributed by atoms with E-state index >= 15 is 0 Å². The summed E-state index contributed by atoms with van der Waals surface area (Å²) in [5.41, 5.74) is 0. The van der Waals surface area contributed by atoms with Gasteiger partial charge < -0.3 is 15.7 Å². The highest BCUT2D eigenvalue weighted by Crippen LogP contribution is 2.06. The minimum absolute atomic E-state index is 0.0330. The second kappa shape index (κ2) is 8.78. The fraction of sp³-hybridized carbons (Fsp3) is 0.917. The van der Waals surface area contributed by atoms with Crippen molar-refractivity contribution in [2.24, 2.45) is 0 Å². The summed E-state index contributed by atoms with van der Waals surface area (Å²) >= 11 is 1.89. The number of aliphatic hydroxyl groups excluding tert-OH is 1. The summed E-state index contributed by atoms with van der Waals surface area (Å²) in [6.45, 7) is 1.29. The highest BCUT2D eigenvalue weighted by atomic mass is 32.2. The molecule has 0 aromatic carbocycles. The Morgan fingerprint density at radius 1 is 1.41 bits per heavy atom. The van der Waals surface area contributed by atoms with Gasteiger partial charge in [0.05, 0.1) is 12.1 Å². The summed E-state index contributed by atoms with van der Waals surface area (Å²) < 4.78 is 0. The van der Waals surface area contributed by atoms with Gasteiger partial charge in [0.1, 0.15) is 0 Å². The second-order valence-corrected chi connectivity index (χ2v) is 5.53. The van der Waals surface area contributed by atoms with Crippen molar-refractivity contribution < 1.29 is 9.90 Å². The van der Waals surface area contributed by atoms with Gasteiger partial charge >= 0.3 is 0 Å². The van der Waals surface area contributed by atoms with Crippen molar-refractivity contribution in [3.63, 3.8) is 0 Å². The largest absolute Gasteiger partial charge is 0.392 e. The van der Waals surface area contributed by atoms with Crippen molar-refractivity contribution in [1.82, 2.24) is 10.6 Å². The maximum Gasteiger partial charge on any atom is 0.237 e. The SMILES string of the molecule is CSCCCCCCNC(=O)C1CC(O)CN1. The van der Waals surface area contributed by atoms with Crippen molar-refractivity contribution in [1.29, 1.82) is 0 Å². The molecule has 0 aliphatic carbocycles. The molecule has 0 bridgehead atoms. The molecule has 0 saturated carbocycles. The third-order valence-corrected chi connectivity index (χ3v) is 3.70. The molecule has 0 radical (unpaired) electrons. The first-order chi connectivity index (χ1) is 8.24. The Balaban J connectivity index is 1.93. The van der Waals surface area contributed by atoms with Gasteiger partial charge in [0.15, 0.2) is 0 Å². The number of hydrogen-bond acceptors (Lipinski definition) is 4. The molecule has 1 aliphatic heterocycles.